The number of aliphatic hydroxyl groups is 2. The number of aliphatic hydroxyl groups excluding tert-OH is 1. The number of nitrogens with zero attached hydrogens (tertiary/aromatic N) is 3. The van der Waals surface area contributed by atoms with Gasteiger partial charge in [0.1, 0.15) is 40.2 Å². The smallest absolute Gasteiger partial charge is 0.277 e. The Labute approximate surface area is 228 Å². The molecule has 0 radical (unpaired) electrons. The van der Waals surface area contributed by atoms with Gasteiger partial charge in [-0.05, 0) is 39.8 Å². The van der Waals surface area contributed by atoms with Crippen LogP contribution in [0.2, 0.25) is 5.02 Å². The van der Waals surface area contributed by atoms with Gasteiger partial charge in [-0.2, -0.15) is 0 Å². The molecule has 0 fully saturated rings. The van der Waals surface area contributed by atoms with E-state index in [2.05, 4.69) is 15.0 Å². The highest BCUT2D eigenvalue weighted by Crippen LogP contribution is 2.23. The van der Waals surface area contributed by atoms with E-state index in [0.29, 0.717) is 29.4 Å². The van der Waals surface area contributed by atoms with E-state index in [0.717, 1.165) is 13.3 Å². The van der Waals surface area contributed by atoms with E-state index in [4.69, 9.17) is 21.4 Å². The molecule has 8 nitrogen and oxygen atoms in total. The Kier molecular flexibility index (Phi) is 11.1. The van der Waals surface area contributed by atoms with Crippen molar-refractivity contribution in [2.24, 2.45) is 0 Å². The maximum Gasteiger partial charge on any atom is 0.277 e. The molecule has 0 saturated heterocycles. The number of hydrogen-bond acceptors (Lipinski definition) is 6. The van der Waals surface area contributed by atoms with Gasteiger partial charge in [-0.15, -0.1) is 0 Å². The normalized spacial score (nSPS) is 12.4. The van der Waals surface area contributed by atoms with Gasteiger partial charge in [-0.3, -0.25) is 14.3 Å². The number of aromatic nitrogens is 3. The van der Waals surface area contributed by atoms with Crippen molar-refractivity contribution in [1.82, 2.24) is 14.5 Å². The van der Waals surface area contributed by atoms with E-state index in [9.17, 15) is 23.1 Å². The van der Waals surface area contributed by atoms with E-state index in [1.807, 2.05) is 0 Å². The minimum Gasteiger partial charge on any atom is -0.485 e. The van der Waals surface area contributed by atoms with Gasteiger partial charge in [0.2, 0.25) is 0 Å². The lowest BCUT2D eigenvalue weighted by Crippen LogP contribution is -2.65. The van der Waals surface area contributed by atoms with Crippen molar-refractivity contribution < 1.29 is 33.1 Å². The molecule has 3 N–H and O–H groups in total. The van der Waals surface area contributed by atoms with Gasteiger partial charge in [0.15, 0.2) is 18.4 Å². The number of halogens is 4. The lowest BCUT2D eigenvalue weighted by molar-refractivity contribution is -0.338. The van der Waals surface area contributed by atoms with Crippen molar-refractivity contribution in [3.8, 4) is 5.75 Å². The lowest BCUT2D eigenvalue weighted by atomic mass is 10.0. The van der Waals surface area contributed by atoms with Crippen molar-refractivity contribution in [3.63, 3.8) is 0 Å². The Bertz CT molecular complexity index is 1460. The number of allylic oxidation sites excluding steroid dienone is 1. The molecule has 3 aromatic rings. The summed E-state index contributed by atoms with van der Waals surface area (Å²) in [6, 6.07) is 7.03. The van der Waals surface area contributed by atoms with Crippen molar-refractivity contribution in [1.29, 1.82) is 0 Å². The topological polar surface area (TPSA) is 111 Å². The van der Waals surface area contributed by atoms with E-state index in [1.54, 1.807) is 45.9 Å². The van der Waals surface area contributed by atoms with E-state index >= 15 is 0 Å². The summed E-state index contributed by atoms with van der Waals surface area (Å²) >= 11 is 6.19. The molecule has 0 amide bonds. The predicted molar refractivity (Wildman–Crippen MR) is 143 cm³/mol. The summed E-state index contributed by atoms with van der Waals surface area (Å²) in [4.78, 5) is 23.6. The molecule has 12 heteroatoms. The fourth-order valence-corrected chi connectivity index (χ4v) is 3.37. The van der Waals surface area contributed by atoms with Crippen LogP contribution in [-0.2, 0) is 12.2 Å². The molecule has 0 bridgehead atoms. The Morgan fingerprint density at radius 2 is 1.95 bits per heavy atom. The molecule has 3 rings (SSSR count). The zero-order valence-electron chi connectivity index (χ0n) is 22.0. The van der Waals surface area contributed by atoms with Crippen molar-refractivity contribution in [3.05, 3.63) is 98.2 Å². The number of hydrogen-bond donors (Lipinski definition) is 3. The Hall–Kier alpha value is -3.80. The summed E-state index contributed by atoms with van der Waals surface area (Å²) in [5.41, 5.74) is -0.268. The Morgan fingerprint density at radius 3 is 2.56 bits per heavy atom. The molecule has 208 valence electrons. The van der Waals surface area contributed by atoms with Crippen LogP contribution in [0, 0.1) is 18.6 Å². The minimum absolute atomic E-state index is 0.0134. The van der Waals surface area contributed by atoms with E-state index < -0.39 is 22.8 Å². The van der Waals surface area contributed by atoms with Crippen LogP contribution in [0.15, 0.2) is 53.2 Å². The third-order valence-electron chi connectivity index (χ3n) is 5.14. The van der Waals surface area contributed by atoms with Crippen LogP contribution in [0.1, 0.15) is 43.5 Å². The highest BCUT2D eigenvalue weighted by atomic mass is 35.5. The molecule has 3 aromatic heterocycles. The highest BCUT2D eigenvalue weighted by Gasteiger charge is 2.20. The third-order valence-corrected chi connectivity index (χ3v) is 5.49. The standard InChI is InChI=1S/C26H24ClF3N4O3.CH4O/c1-15(11-31-20(10-28)19-6-5-7-23(33-19)26(3,4)36)13-34-16(2)8-22(24(27)25(34)35)37-14-21-18(30)9-17(29)12-32-21;1-2/h5-13,36H,14H2,1-4H3;2H,1H3/p+1/b15-13+,20-10+,31-11+;. The molecule has 39 heavy (non-hydrogen) atoms. The molecule has 0 spiro atoms. The van der Waals surface area contributed by atoms with E-state index in [-0.39, 0.29) is 34.5 Å². The summed E-state index contributed by atoms with van der Waals surface area (Å²) in [5.74, 6) is -1.69. The molecule has 3 heterocycles. The molecular formula is C27H29ClF3N4O4+. The lowest BCUT2D eigenvalue weighted by Gasteiger charge is -2.16. The first-order valence-corrected chi connectivity index (χ1v) is 11.9. The zero-order chi connectivity index (χ0) is 29.3. The van der Waals surface area contributed by atoms with Crippen molar-refractivity contribution in [2.75, 3.05) is 7.11 Å². The van der Waals surface area contributed by atoms with Gasteiger partial charge in [-0.25, -0.2) is 23.1 Å². The molecule has 0 saturated carbocycles. The predicted octanol–water partition coefficient (Wildman–Crippen LogP) is 3.27. The van der Waals surface area contributed by atoms with Crippen LogP contribution >= 0.6 is 11.6 Å². The maximum absolute atomic E-state index is 13.8. The third kappa shape index (κ3) is 8.34. The Balaban J connectivity index is 0.00000260. The van der Waals surface area contributed by atoms with Gasteiger partial charge in [0.25, 0.3) is 11.3 Å². The second-order valence-electron chi connectivity index (χ2n) is 8.66. The number of rotatable bonds is 8. The van der Waals surface area contributed by atoms with Crippen molar-refractivity contribution >= 4 is 29.7 Å². The quantitative estimate of drug-likeness (QED) is 0.362. The molecule has 0 atom stereocenters. The average Bonchev–Trinajstić information content (AvgIpc) is 2.90. The van der Waals surface area contributed by atoms with Gasteiger partial charge in [-0.1, -0.05) is 17.7 Å². The first kappa shape index (κ1) is 31.4. The van der Waals surface area contributed by atoms with Crippen molar-refractivity contribution in [2.45, 2.75) is 39.9 Å². The molecular weight excluding hydrogens is 537 g/mol. The van der Waals surface area contributed by atoms with Gasteiger partial charge >= 0.3 is 0 Å². The maximum atomic E-state index is 13.8. The largest absolute Gasteiger partial charge is 0.485 e. The summed E-state index contributed by atoms with van der Waals surface area (Å²) in [6.45, 7) is 6.10. The monoisotopic (exact) mass is 565 g/mol. The van der Waals surface area contributed by atoms with Crippen LogP contribution in [-0.4, -0.2) is 38.1 Å². The fourth-order valence-electron chi connectivity index (χ4n) is 3.17. The van der Waals surface area contributed by atoms with Gasteiger partial charge in [0, 0.05) is 36.7 Å². The van der Waals surface area contributed by atoms with Gasteiger partial charge < -0.3 is 14.9 Å². The molecule has 0 aliphatic heterocycles. The average molecular weight is 566 g/mol. The van der Waals surface area contributed by atoms with Gasteiger partial charge in [0.05, 0.1) is 11.9 Å². The first-order chi connectivity index (χ1) is 18.4. The van der Waals surface area contributed by atoms with Crippen LogP contribution in [0.4, 0.5) is 13.2 Å². The fraction of sp³-hybridized carbons (Fsp3) is 0.259. The summed E-state index contributed by atoms with van der Waals surface area (Å²) in [7, 11) is 1.00. The van der Waals surface area contributed by atoms with Crippen LogP contribution in [0.25, 0.3) is 11.9 Å². The summed E-state index contributed by atoms with van der Waals surface area (Å²) in [5, 5.41) is 16.9. The summed E-state index contributed by atoms with van der Waals surface area (Å²) < 4.78 is 47.2. The second kappa shape index (κ2) is 13.8. The second-order valence-corrected chi connectivity index (χ2v) is 9.04. The van der Waals surface area contributed by atoms with Crippen LogP contribution in [0.3, 0.4) is 0 Å². The minimum atomic E-state index is -1.20. The zero-order valence-corrected chi connectivity index (χ0v) is 22.7. The number of aryl methyl sites for hydroxylation is 1. The van der Waals surface area contributed by atoms with Crippen LogP contribution in [0.5, 0.6) is 5.75 Å². The molecule has 0 aliphatic carbocycles. The molecule has 0 aromatic carbocycles. The number of pyridine rings is 3. The van der Waals surface area contributed by atoms with E-state index in [1.165, 1.54) is 23.0 Å². The van der Waals surface area contributed by atoms with Crippen LogP contribution < -0.4 is 15.3 Å². The number of ether oxygens (including phenoxy) is 1. The Morgan fingerprint density at radius 1 is 1.26 bits per heavy atom. The molecule has 0 unspecified atom stereocenters. The molecule has 0 aliphatic rings. The highest BCUT2D eigenvalue weighted by molar-refractivity contribution is 6.31. The summed E-state index contributed by atoms with van der Waals surface area (Å²) in [6.07, 6.45) is 4.16. The SMILES string of the molecule is CC(/C=[NH+]/C(=C/F)c1cccc(C(C)(C)O)n1)=C\n1c(C)cc(OCc2ncc(F)cc2F)c(Cl)c1=O.CO. The first-order valence-electron chi connectivity index (χ1n) is 11.5. The number of nitrogens with one attached hydrogen (secondary N) is 1.